The summed E-state index contributed by atoms with van der Waals surface area (Å²) in [6, 6.07) is 14.0. The van der Waals surface area contributed by atoms with Crippen LogP contribution in [0.3, 0.4) is 0 Å². The monoisotopic (exact) mass is 431 g/mol. The molecule has 9 heteroatoms. The molecular formula is C20H18ClN3O4S. The fourth-order valence-corrected chi connectivity index (χ4v) is 3.53. The Morgan fingerprint density at radius 3 is 2.45 bits per heavy atom. The number of pyridine rings is 1. The van der Waals surface area contributed by atoms with Crippen LogP contribution in [0.1, 0.15) is 20.0 Å². The fraction of sp³-hybridized carbons (Fsp3) is 0.150. The molecule has 0 aliphatic rings. The summed E-state index contributed by atoms with van der Waals surface area (Å²) in [5.41, 5.74) is 0.867. The highest BCUT2D eigenvalue weighted by molar-refractivity contribution is 7.18. The highest BCUT2D eigenvalue weighted by Crippen LogP contribution is 2.21. The molecule has 1 atom stereocenters. The van der Waals surface area contributed by atoms with Crippen molar-refractivity contribution in [1.29, 1.82) is 0 Å². The number of aliphatic hydroxyl groups excluding tert-OH is 1. The normalized spacial score (nSPS) is 11.7. The third kappa shape index (κ3) is 5.32. The molecule has 7 nitrogen and oxygen atoms in total. The molecule has 2 aromatic heterocycles. The maximum absolute atomic E-state index is 12.3. The zero-order valence-corrected chi connectivity index (χ0v) is 16.7. The number of aromatic nitrogens is 1. The van der Waals surface area contributed by atoms with E-state index in [9.17, 15) is 19.5 Å². The molecule has 1 aromatic carbocycles. The van der Waals surface area contributed by atoms with Gasteiger partial charge in [0.05, 0.1) is 21.9 Å². The summed E-state index contributed by atoms with van der Waals surface area (Å²) >= 11 is 6.95. The van der Waals surface area contributed by atoms with Crippen LogP contribution in [0.5, 0.6) is 0 Å². The van der Waals surface area contributed by atoms with Crippen LogP contribution in [0.25, 0.3) is 5.69 Å². The van der Waals surface area contributed by atoms with Crippen molar-refractivity contribution in [3.8, 4) is 5.69 Å². The highest BCUT2D eigenvalue weighted by Gasteiger charge is 2.16. The van der Waals surface area contributed by atoms with E-state index in [2.05, 4.69) is 10.6 Å². The Morgan fingerprint density at radius 1 is 1.07 bits per heavy atom. The predicted octanol–water partition coefficient (Wildman–Crippen LogP) is 2.07. The first-order valence-corrected chi connectivity index (χ1v) is 9.91. The summed E-state index contributed by atoms with van der Waals surface area (Å²) in [5, 5.41) is 14.8. The molecule has 3 rings (SSSR count). The number of nitrogens with zero attached hydrogens (tertiary/aromatic N) is 1. The van der Waals surface area contributed by atoms with Gasteiger partial charge in [-0.15, -0.1) is 11.3 Å². The molecule has 0 bridgehead atoms. The molecule has 3 N–H and O–H groups in total. The Bertz CT molecular complexity index is 1060. The van der Waals surface area contributed by atoms with E-state index in [0.717, 1.165) is 11.3 Å². The summed E-state index contributed by atoms with van der Waals surface area (Å²) < 4.78 is 1.96. The van der Waals surface area contributed by atoms with E-state index in [0.29, 0.717) is 20.5 Å². The lowest BCUT2D eigenvalue weighted by atomic mass is 10.2. The topological polar surface area (TPSA) is 100 Å². The van der Waals surface area contributed by atoms with E-state index in [1.807, 2.05) is 0 Å². The Balaban J connectivity index is 1.58. The van der Waals surface area contributed by atoms with Gasteiger partial charge in [-0.3, -0.25) is 19.0 Å². The van der Waals surface area contributed by atoms with Crippen LogP contribution in [-0.4, -0.2) is 40.7 Å². The van der Waals surface area contributed by atoms with Crippen LogP contribution in [0, 0.1) is 0 Å². The Hall–Kier alpha value is -2.94. The average Bonchev–Trinajstić information content (AvgIpc) is 3.17. The van der Waals surface area contributed by atoms with E-state index in [1.165, 1.54) is 10.6 Å². The van der Waals surface area contributed by atoms with Gasteiger partial charge < -0.3 is 15.7 Å². The van der Waals surface area contributed by atoms with E-state index < -0.39 is 6.04 Å². The minimum Gasteiger partial charge on any atom is -0.394 e. The first-order chi connectivity index (χ1) is 14.0. The number of amides is 2. The minimum atomic E-state index is -0.644. The third-order valence-corrected chi connectivity index (χ3v) is 5.32. The molecule has 29 heavy (non-hydrogen) atoms. The Morgan fingerprint density at radius 2 is 1.83 bits per heavy atom. The van der Waals surface area contributed by atoms with Crippen molar-refractivity contribution in [2.75, 3.05) is 13.2 Å². The lowest BCUT2D eigenvalue weighted by Gasteiger charge is -2.16. The molecule has 1 unspecified atom stereocenters. The minimum absolute atomic E-state index is 0.0556. The van der Waals surface area contributed by atoms with E-state index in [4.69, 9.17) is 11.6 Å². The van der Waals surface area contributed by atoms with Gasteiger partial charge in [0.2, 0.25) is 0 Å². The van der Waals surface area contributed by atoms with Gasteiger partial charge in [-0.05, 0) is 42.5 Å². The largest absolute Gasteiger partial charge is 0.394 e. The second-order valence-electron chi connectivity index (χ2n) is 6.12. The summed E-state index contributed by atoms with van der Waals surface area (Å²) in [4.78, 5) is 36.8. The number of nitrogens with one attached hydrogen (secondary N) is 2. The van der Waals surface area contributed by atoms with Gasteiger partial charge in [-0.1, -0.05) is 17.7 Å². The quantitative estimate of drug-likeness (QED) is 0.533. The number of benzene rings is 1. The summed E-state index contributed by atoms with van der Waals surface area (Å²) in [6.45, 7) is -0.277. The second-order valence-corrected chi connectivity index (χ2v) is 7.84. The highest BCUT2D eigenvalue weighted by atomic mass is 35.5. The zero-order chi connectivity index (χ0) is 20.8. The van der Waals surface area contributed by atoms with Crippen LogP contribution in [0.15, 0.2) is 65.6 Å². The summed E-state index contributed by atoms with van der Waals surface area (Å²) in [7, 11) is 0. The van der Waals surface area contributed by atoms with Gasteiger partial charge in [0.25, 0.3) is 17.4 Å². The Labute approximate surface area is 175 Å². The number of aliphatic hydroxyl groups is 1. The number of hydrogen-bond donors (Lipinski definition) is 3. The molecule has 0 saturated heterocycles. The van der Waals surface area contributed by atoms with E-state index in [-0.39, 0.29) is 30.5 Å². The maximum Gasteiger partial charge on any atom is 0.261 e. The number of carbonyl (C=O) groups is 2. The molecule has 2 heterocycles. The lowest BCUT2D eigenvalue weighted by molar-refractivity contribution is 0.0890. The summed E-state index contributed by atoms with van der Waals surface area (Å²) in [6.07, 6.45) is 1.65. The fourth-order valence-electron chi connectivity index (χ4n) is 2.59. The van der Waals surface area contributed by atoms with Gasteiger partial charge in [0, 0.05) is 30.1 Å². The van der Waals surface area contributed by atoms with Gasteiger partial charge in [0.1, 0.15) is 0 Å². The Kier molecular flexibility index (Phi) is 6.82. The molecule has 0 spiro atoms. The van der Waals surface area contributed by atoms with E-state index in [1.54, 1.807) is 54.7 Å². The van der Waals surface area contributed by atoms with Crippen LogP contribution in [-0.2, 0) is 0 Å². The van der Waals surface area contributed by atoms with Crippen molar-refractivity contribution in [2.45, 2.75) is 6.04 Å². The molecule has 0 aliphatic carbocycles. The van der Waals surface area contributed by atoms with Crippen molar-refractivity contribution < 1.29 is 14.7 Å². The van der Waals surface area contributed by atoms with Crippen LogP contribution in [0.4, 0.5) is 0 Å². The van der Waals surface area contributed by atoms with E-state index >= 15 is 0 Å². The predicted molar refractivity (Wildman–Crippen MR) is 112 cm³/mol. The van der Waals surface area contributed by atoms with Crippen LogP contribution < -0.4 is 16.2 Å². The average molecular weight is 432 g/mol. The van der Waals surface area contributed by atoms with Gasteiger partial charge >= 0.3 is 0 Å². The SMILES string of the molecule is O=C(NCC(CO)NC(=O)c1ccc(Cl)s1)c1ccc(-n2ccccc2=O)cc1. The number of hydrogen-bond acceptors (Lipinski definition) is 5. The molecule has 2 amide bonds. The number of rotatable bonds is 7. The smallest absolute Gasteiger partial charge is 0.261 e. The van der Waals surface area contributed by atoms with Crippen molar-refractivity contribution in [1.82, 2.24) is 15.2 Å². The van der Waals surface area contributed by atoms with Crippen molar-refractivity contribution in [3.63, 3.8) is 0 Å². The van der Waals surface area contributed by atoms with Crippen LogP contribution in [0.2, 0.25) is 4.34 Å². The van der Waals surface area contributed by atoms with Gasteiger partial charge in [-0.2, -0.15) is 0 Å². The standard InChI is InChI=1S/C20H18ClN3O4S/c21-17-9-8-16(29-17)20(28)23-14(12-25)11-22-19(27)13-4-6-15(7-5-13)24-10-2-1-3-18(24)26/h1-10,14,25H,11-12H2,(H,22,27)(H,23,28). The molecule has 150 valence electrons. The summed E-state index contributed by atoms with van der Waals surface area (Å²) in [5.74, 6) is -0.725. The molecular weight excluding hydrogens is 414 g/mol. The van der Waals surface area contributed by atoms with Gasteiger partial charge in [-0.25, -0.2) is 0 Å². The second kappa shape index (κ2) is 9.51. The first kappa shape index (κ1) is 20.8. The maximum atomic E-state index is 12.3. The number of carbonyl (C=O) groups excluding carboxylic acids is 2. The van der Waals surface area contributed by atoms with Gasteiger partial charge in [0.15, 0.2) is 0 Å². The van der Waals surface area contributed by atoms with Crippen molar-refractivity contribution in [3.05, 3.63) is 85.9 Å². The third-order valence-electron chi connectivity index (χ3n) is 4.09. The number of halogens is 1. The number of thiophene rings is 1. The van der Waals surface area contributed by atoms with Crippen molar-refractivity contribution in [2.24, 2.45) is 0 Å². The molecule has 0 radical (unpaired) electrons. The molecule has 3 aromatic rings. The van der Waals surface area contributed by atoms with Crippen LogP contribution >= 0.6 is 22.9 Å². The first-order valence-electron chi connectivity index (χ1n) is 8.71. The molecule has 0 fully saturated rings. The lowest BCUT2D eigenvalue weighted by Crippen LogP contribution is -2.45. The molecule has 0 saturated carbocycles. The zero-order valence-electron chi connectivity index (χ0n) is 15.2. The molecule has 0 aliphatic heterocycles. The van der Waals surface area contributed by atoms with Crippen molar-refractivity contribution >= 4 is 34.8 Å².